The average Bonchev–Trinajstić information content (AvgIpc) is 2.93. The lowest BCUT2D eigenvalue weighted by Crippen LogP contribution is -2.66. The zero-order valence-electron chi connectivity index (χ0n) is 23.1. The molecule has 212 valence electrons. The zero-order chi connectivity index (χ0) is 28.8. The first-order valence-corrected chi connectivity index (χ1v) is 13.3. The molecule has 12 nitrogen and oxygen atoms in total. The van der Waals surface area contributed by atoms with Crippen molar-refractivity contribution in [1.29, 1.82) is 0 Å². The van der Waals surface area contributed by atoms with E-state index in [-0.39, 0.29) is 18.0 Å². The second-order valence-corrected chi connectivity index (χ2v) is 10.7. The number of amides is 2. The van der Waals surface area contributed by atoms with E-state index in [4.69, 9.17) is 9.31 Å². The van der Waals surface area contributed by atoms with E-state index in [9.17, 15) is 19.2 Å². The summed E-state index contributed by atoms with van der Waals surface area (Å²) in [6, 6.07) is 6.96. The minimum absolute atomic E-state index is 0.0585. The lowest BCUT2D eigenvalue weighted by Gasteiger charge is -2.43. The monoisotopic (exact) mass is 550 g/mol. The highest BCUT2D eigenvalue weighted by atomic mass is 16.6. The fraction of sp³-hybridized carbons (Fsp3) is 0.481. The summed E-state index contributed by atoms with van der Waals surface area (Å²) in [6.45, 7) is 4.70. The normalized spacial score (nSPS) is 21.5. The van der Waals surface area contributed by atoms with Gasteiger partial charge < -0.3 is 24.8 Å². The molecular formula is C27H35BN6O6. The summed E-state index contributed by atoms with van der Waals surface area (Å²) in [5.74, 6) is -2.92. The minimum atomic E-state index is -1.32. The molecule has 3 heterocycles. The molecule has 2 aliphatic heterocycles. The van der Waals surface area contributed by atoms with Crippen molar-refractivity contribution in [3.05, 3.63) is 60.2 Å². The van der Waals surface area contributed by atoms with Gasteiger partial charge in [-0.1, -0.05) is 44.2 Å². The smallest absolute Gasteiger partial charge is 0.497 e. The van der Waals surface area contributed by atoms with Crippen LogP contribution in [0.15, 0.2) is 48.9 Å². The number of nitrogens with one attached hydrogen (secondary N) is 2. The fourth-order valence-electron chi connectivity index (χ4n) is 4.93. The van der Waals surface area contributed by atoms with E-state index in [0.717, 1.165) is 5.56 Å². The van der Waals surface area contributed by atoms with Crippen LogP contribution in [0.2, 0.25) is 0 Å². The molecular weight excluding hydrogens is 515 g/mol. The number of hydrogen-bond donors (Lipinski definition) is 2. The Morgan fingerprint density at radius 1 is 1.02 bits per heavy atom. The first kappa shape index (κ1) is 29.2. The van der Waals surface area contributed by atoms with Crippen LogP contribution in [0.4, 0.5) is 0 Å². The predicted octanol–water partition coefficient (Wildman–Crippen LogP) is 0.0904. The predicted molar refractivity (Wildman–Crippen MR) is 146 cm³/mol. The van der Waals surface area contributed by atoms with Gasteiger partial charge in [0.15, 0.2) is 0 Å². The average molecular weight is 550 g/mol. The van der Waals surface area contributed by atoms with Gasteiger partial charge in [-0.15, -0.1) is 0 Å². The number of aromatic nitrogens is 2. The third kappa shape index (κ3) is 7.22. The number of fused-ring (bicyclic) bond motifs is 2. The number of benzene rings is 1. The van der Waals surface area contributed by atoms with E-state index in [1.54, 1.807) is 11.9 Å². The Hall–Kier alpha value is -3.84. The first-order chi connectivity index (χ1) is 19.1. The van der Waals surface area contributed by atoms with Crippen molar-refractivity contribution in [3.8, 4) is 0 Å². The number of carbonyl (C=O) groups is 4. The van der Waals surface area contributed by atoms with Gasteiger partial charge in [0.2, 0.25) is 5.91 Å². The van der Waals surface area contributed by atoms with Crippen molar-refractivity contribution in [2.24, 2.45) is 5.92 Å². The molecule has 40 heavy (non-hydrogen) atoms. The molecule has 13 heteroatoms. The molecule has 0 unspecified atom stereocenters. The third-order valence-electron chi connectivity index (χ3n) is 7.04. The van der Waals surface area contributed by atoms with Crippen LogP contribution in [0.1, 0.15) is 36.3 Å². The van der Waals surface area contributed by atoms with Crippen LogP contribution in [0.5, 0.6) is 0 Å². The van der Waals surface area contributed by atoms with Gasteiger partial charge in [0.05, 0.1) is 12.1 Å². The van der Waals surface area contributed by atoms with E-state index < -0.39 is 54.9 Å². The van der Waals surface area contributed by atoms with Crippen LogP contribution in [-0.4, -0.2) is 102 Å². The van der Waals surface area contributed by atoms with E-state index in [1.807, 2.05) is 56.1 Å². The molecule has 0 spiro atoms. The van der Waals surface area contributed by atoms with E-state index in [1.165, 1.54) is 18.6 Å². The molecule has 2 N–H and O–H groups in total. The van der Waals surface area contributed by atoms with Gasteiger partial charge in [0.25, 0.3) is 5.91 Å². The summed E-state index contributed by atoms with van der Waals surface area (Å²) in [4.78, 5) is 64.4. The largest absolute Gasteiger partial charge is 0.622 e. The maximum absolute atomic E-state index is 13.7. The van der Waals surface area contributed by atoms with Gasteiger partial charge in [0, 0.05) is 31.9 Å². The Labute approximate surface area is 234 Å². The Bertz CT molecular complexity index is 1170. The quantitative estimate of drug-likeness (QED) is 0.413. The lowest BCUT2D eigenvalue weighted by molar-refractivity contribution is -0.159. The Balaban J connectivity index is 1.56. The molecule has 2 saturated heterocycles. The molecule has 2 fully saturated rings. The SMILES string of the molecule is CC(C)C[C@H](NC(=O)[C@H](Cc1ccccc1)NC(=O)c1cnccn1)B1OC(=O)[C@@H]2CN(C)C[C@@H](C(=O)O1)N2C. The van der Waals surface area contributed by atoms with Gasteiger partial charge in [-0.2, -0.15) is 0 Å². The number of hydrogen-bond acceptors (Lipinski definition) is 10. The Morgan fingerprint density at radius 3 is 2.25 bits per heavy atom. The van der Waals surface area contributed by atoms with Crippen molar-refractivity contribution in [1.82, 2.24) is 30.4 Å². The summed E-state index contributed by atoms with van der Waals surface area (Å²) in [7, 11) is 2.21. The molecule has 2 amide bonds. The number of rotatable bonds is 9. The van der Waals surface area contributed by atoms with Crippen LogP contribution in [-0.2, 0) is 30.1 Å². The van der Waals surface area contributed by atoms with Crippen LogP contribution in [0.3, 0.4) is 0 Å². The van der Waals surface area contributed by atoms with Gasteiger partial charge in [0.1, 0.15) is 23.8 Å². The van der Waals surface area contributed by atoms with E-state index in [2.05, 4.69) is 20.6 Å². The van der Waals surface area contributed by atoms with Crippen molar-refractivity contribution >= 4 is 30.9 Å². The van der Waals surface area contributed by atoms with E-state index >= 15 is 0 Å². The van der Waals surface area contributed by atoms with Crippen LogP contribution < -0.4 is 10.6 Å². The molecule has 2 aliphatic rings. The molecule has 4 rings (SSSR count). The lowest BCUT2D eigenvalue weighted by atomic mass is 9.73. The van der Waals surface area contributed by atoms with Gasteiger partial charge in [-0.25, -0.2) is 4.98 Å². The van der Waals surface area contributed by atoms with Crippen LogP contribution in [0, 0.1) is 5.92 Å². The molecule has 2 aromatic rings. The Kier molecular flexibility index (Phi) is 9.48. The van der Waals surface area contributed by atoms with Crippen LogP contribution >= 0.6 is 0 Å². The Morgan fingerprint density at radius 2 is 1.68 bits per heavy atom. The second-order valence-electron chi connectivity index (χ2n) is 10.7. The third-order valence-corrected chi connectivity index (χ3v) is 7.04. The summed E-state index contributed by atoms with van der Waals surface area (Å²) in [6.07, 6.45) is 4.70. The molecule has 4 atom stereocenters. The molecule has 0 aliphatic carbocycles. The number of likely N-dealkylation sites (N-methyl/N-ethyl adjacent to an activating group) is 2. The van der Waals surface area contributed by atoms with Crippen molar-refractivity contribution in [2.45, 2.75) is 50.8 Å². The highest BCUT2D eigenvalue weighted by Gasteiger charge is 2.49. The molecule has 0 radical (unpaired) electrons. The van der Waals surface area contributed by atoms with Gasteiger partial charge >= 0.3 is 19.1 Å². The summed E-state index contributed by atoms with van der Waals surface area (Å²) < 4.78 is 11.4. The fourth-order valence-corrected chi connectivity index (χ4v) is 4.93. The zero-order valence-corrected chi connectivity index (χ0v) is 23.1. The maximum Gasteiger partial charge on any atom is 0.622 e. The molecule has 1 aromatic carbocycles. The highest BCUT2D eigenvalue weighted by Crippen LogP contribution is 2.21. The second kappa shape index (κ2) is 13.0. The number of nitrogens with zero attached hydrogens (tertiary/aromatic N) is 4. The number of carbonyl (C=O) groups excluding carboxylic acids is 4. The van der Waals surface area contributed by atoms with Crippen molar-refractivity contribution in [2.75, 3.05) is 27.2 Å². The summed E-state index contributed by atoms with van der Waals surface area (Å²) in [5.41, 5.74) is 0.891. The standard InChI is InChI=1S/C27H35BN6O6/c1-17(2)12-23(28-39-26(37)21-15-33(3)16-22(34(21)4)27(38)40-28)32-24(35)19(13-18-8-6-5-7-9-18)31-25(36)20-14-29-10-11-30-20/h5-11,14,17,19,21-23H,12-13,15-16H2,1-4H3,(H,31,36)(H,32,35)/t19-,21-,22-,23-/m0/s1. The topological polar surface area (TPSA) is 143 Å². The summed E-state index contributed by atoms with van der Waals surface area (Å²) >= 11 is 0. The highest BCUT2D eigenvalue weighted by molar-refractivity contribution is 6.51. The molecule has 2 bridgehead atoms. The minimum Gasteiger partial charge on any atom is -0.497 e. The maximum atomic E-state index is 13.7. The number of piperazine rings is 1. The van der Waals surface area contributed by atoms with Crippen molar-refractivity contribution < 1.29 is 28.5 Å². The van der Waals surface area contributed by atoms with E-state index in [0.29, 0.717) is 19.5 Å². The molecule has 1 aromatic heterocycles. The first-order valence-electron chi connectivity index (χ1n) is 13.3. The van der Waals surface area contributed by atoms with Gasteiger partial charge in [-0.05, 0) is 32.0 Å². The molecule has 0 saturated carbocycles. The summed E-state index contributed by atoms with van der Waals surface area (Å²) in [5, 5.41) is 5.65. The van der Waals surface area contributed by atoms with Crippen LogP contribution in [0.25, 0.3) is 0 Å². The van der Waals surface area contributed by atoms with Crippen molar-refractivity contribution in [3.63, 3.8) is 0 Å². The van der Waals surface area contributed by atoms with Gasteiger partial charge in [-0.3, -0.25) is 29.1 Å².